The van der Waals surface area contributed by atoms with E-state index in [-0.39, 0.29) is 18.4 Å². The molecule has 0 fully saturated rings. The van der Waals surface area contributed by atoms with Crippen molar-refractivity contribution in [2.24, 2.45) is 11.5 Å². The predicted molar refractivity (Wildman–Crippen MR) is 49.7 cm³/mol. The third-order valence-corrected chi connectivity index (χ3v) is 1.48. The lowest BCUT2D eigenvalue weighted by Gasteiger charge is -2.06. The SMILES string of the molecule is Cl.NC[C@@H](N)c1ccccc1. The van der Waals surface area contributed by atoms with E-state index in [1.54, 1.807) is 0 Å². The zero-order valence-electron chi connectivity index (χ0n) is 6.23. The third kappa shape index (κ3) is 2.89. The molecule has 62 valence electrons. The molecular formula is C8H13ClN2. The van der Waals surface area contributed by atoms with E-state index in [4.69, 9.17) is 11.5 Å². The van der Waals surface area contributed by atoms with Gasteiger partial charge in [0.25, 0.3) is 0 Å². The van der Waals surface area contributed by atoms with Crippen molar-refractivity contribution < 1.29 is 0 Å². The van der Waals surface area contributed by atoms with Crippen molar-refractivity contribution in [3.8, 4) is 0 Å². The molecule has 0 saturated heterocycles. The average molecular weight is 173 g/mol. The lowest BCUT2D eigenvalue weighted by atomic mass is 10.1. The molecule has 1 atom stereocenters. The number of halogens is 1. The highest BCUT2D eigenvalue weighted by molar-refractivity contribution is 5.85. The minimum Gasteiger partial charge on any atom is -0.329 e. The van der Waals surface area contributed by atoms with Crippen molar-refractivity contribution in [2.75, 3.05) is 6.54 Å². The summed E-state index contributed by atoms with van der Waals surface area (Å²) in [6, 6.07) is 9.85. The zero-order chi connectivity index (χ0) is 7.40. The smallest absolute Gasteiger partial charge is 0.0419 e. The highest BCUT2D eigenvalue weighted by atomic mass is 35.5. The summed E-state index contributed by atoms with van der Waals surface area (Å²) in [5.41, 5.74) is 12.2. The molecule has 0 aliphatic rings. The molecule has 0 unspecified atom stereocenters. The molecule has 0 aromatic heterocycles. The molecule has 0 aliphatic heterocycles. The van der Waals surface area contributed by atoms with Crippen molar-refractivity contribution in [2.45, 2.75) is 6.04 Å². The molecule has 0 spiro atoms. The fraction of sp³-hybridized carbons (Fsp3) is 0.250. The van der Waals surface area contributed by atoms with E-state index in [0.29, 0.717) is 6.54 Å². The van der Waals surface area contributed by atoms with Gasteiger partial charge in [0.1, 0.15) is 0 Å². The van der Waals surface area contributed by atoms with Gasteiger partial charge in [-0.15, -0.1) is 12.4 Å². The summed E-state index contributed by atoms with van der Waals surface area (Å²) in [4.78, 5) is 0. The Labute approximate surface area is 73.0 Å². The largest absolute Gasteiger partial charge is 0.329 e. The molecule has 1 aromatic carbocycles. The summed E-state index contributed by atoms with van der Waals surface area (Å²) in [5, 5.41) is 0. The van der Waals surface area contributed by atoms with Gasteiger partial charge in [-0.1, -0.05) is 30.3 Å². The summed E-state index contributed by atoms with van der Waals surface area (Å²) in [7, 11) is 0. The van der Waals surface area contributed by atoms with Crippen LogP contribution in [0.15, 0.2) is 30.3 Å². The molecular weight excluding hydrogens is 160 g/mol. The van der Waals surface area contributed by atoms with E-state index < -0.39 is 0 Å². The third-order valence-electron chi connectivity index (χ3n) is 1.48. The van der Waals surface area contributed by atoms with Crippen LogP contribution in [0.3, 0.4) is 0 Å². The predicted octanol–water partition coefficient (Wildman–Crippen LogP) is 1.07. The maximum absolute atomic E-state index is 5.67. The van der Waals surface area contributed by atoms with Crippen molar-refractivity contribution in [1.82, 2.24) is 0 Å². The molecule has 2 nitrogen and oxygen atoms in total. The first kappa shape index (κ1) is 10.4. The summed E-state index contributed by atoms with van der Waals surface area (Å²) >= 11 is 0. The van der Waals surface area contributed by atoms with Crippen molar-refractivity contribution in [1.29, 1.82) is 0 Å². The Hall–Kier alpha value is -0.570. The number of nitrogens with two attached hydrogens (primary N) is 2. The Morgan fingerprint density at radius 2 is 1.73 bits per heavy atom. The van der Waals surface area contributed by atoms with Gasteiger partial charge in [0.15, 0.2) is 0 Å². The zero-order valence-corrected chi connectivity index (χ0v) is 7.05. The molecule has 1 rings (SSSR count). The van der Waals surface area contributed by atoms with Gasteiger partial charge >= 0.3 is 0 Å². The fourth-order valence-electron chi connectivity index (χ4n) is 0.836. The highest BCUT2D eigenvalue weighted by Crippen LogP contribution is 2.06. The molecule has 0 amide bonds. The quantitative estimate of drug-likeness (QED) is 0.701. The Morgan fingerprint density at radius 3 is 2.18 bits per heavy atom. The number of benzene rings is 1. The van der Waals surface area contributed by atoms with Crippen molar-refractivity contribution in [3.63, 3.8) is 0 Å². The Balaban J connectivity index is 0.000001000. The van der Waals surface area contributed by atoms with Gasteiger partial charge in [-0.2, -0.15) is 0 Å². The number of rotatable bonds is 2. The van der Waals surface area contributed by atoms with Crippen LogP contribution in [-0.2, 0) is 0 Å². The lowest BCUT2D eigenvalue weighted by Crippen LogP contribution is -2.20. The van der Waals surface area contributed by atoms with Gasteiger partial charge in [0, 0.05) is 12.6 Å². The van der Waals surface area contributed by atoms with Crippen molar-refractivity contribution >= 4 is 12.4 Å². The average Bonchev–Trinajstić information content (AvgIpc) is 2.05. The summed E-state index contributed by atoms with van der Waals surface area (Å²) < 4.78 is 0. The van der Waals surface area contributed by atoms with Crippen LogP contribution < -0.4 is 11.5 Å². The first-order chi connectivity index (χ1) is 4.84. The molecule has 1 aromatic rings. The topological polar surface area (TPSA) is 52.0 Å². The van der Waals surface area contributed by atoms with Crippen molar-refractivity contribution in [3.05, 3.63) is 35.9 Å². The molecule has 0 radical (unpaired) electrons. The van der Waals surface area contributed by atoms with E-state index in [1.807, 2.05) is 30.3 Å². The van der Waals surface area contributed by atoms with E-state index in [0.717, 1.165) is 5.56 Å². The molecule has 0 saturated carbocycles. The van der Waals surface area contributed by atoms with Gasteiger partial charge in [-0.3, -0.25) is 0 Å². The monoisotopic (exact) mass is 172 g/mol. The summed E-state index contributed by atoms with van der Waals surface area (Å²) in [6.45, 7) is 0.504. The number of hydrogen-bond donors (Lipinski definition) is 2. The van der Waals surface area contributed by atoms with Crippen LogP contribution in [0.4, 0.5) is 0 Å². The van der Waals surface area contributed by atoms with Crippen LogP contribution >= 0.6 is 12.4 Å². The van der Waals surface area contributed by atoms with Crippen LogP contribution in [0.1, 0.15) is 11.6 Å². The normalized spacial score (nSPS) is 11.8. The van der Waals surface area contributed by atoms with Crippen LogP contribution in [0.5, 0.6) is 0 Å². The van der Waals surface area contributed by atoms with Gasteiger partial charge in [-0.25, -0.2) is 0 Å². The van der Waals surface area contributed by atoms with Gasteiger partial charge in [0.05, 0.1) is 0 Å². The second-order valence-electron chi connectivity index (χ2n) is 2.25. The molecule has 0 heterocycles. The first-order valence-electron chi connectivity index (χ1n) is 3.35. The van der Waals surface area contributed by atoms with Crippen LogP contribution in [0, 0.1) is 0 Å². The van der Waals surface area contributed by atoms with E-state index in [2.05, 4.69) is 0 Å². The number of hydrogen-bond acceptors (Lipinski definition) is 2. The minimum atomic E-state index is -0.0128. The second kappa shape index (κ2) is 5.13. The van der Waals surface area contributed by atoms with Crippen LogP contribution in [-0.4, -0.2) is 6.54 Å². The Kier molecular flexibility index (Phi) is 4.86. The Bertz CT molecular complexity index is 189. The molecule has 3 heteroatoms. The molecule has 11 heavy (non-hydrogen) atoms. The van der Waals surface area contributed by atoms with E-state index in [9.17, 15) is 0 Å². The van der Waals surface area contributed by atoms with Gasteiger partial charge in [-0.05, 0) is 5.56 Å². The molecule has 0 bridgehead atoms. The second-order valence-corrected chi connectivity index (χ2v) is 2.25. The first-order valence-corrected chi connectivity index (χ1v) is 3.35. The fourth-order valence-corrected chi connectivity index (χ4v) is 0.836. The van der Waals surface area contributed by atoms with E-state index >= 15 is 0 Å². The summed E-state index contributed by atoms with van der Waals surface area (Å²) in [6.07, 6.45) is 0. The lowest BCUT2D eigenvalue weighted by molar-refractivity contribution is 0.737. The standard InChI is InChI=1S/C8H12N2.ClH/c9-6-8(10)7-4-2-1-3-5-7;/h1-5,8H,6,9-10H2;1H/t8-;/m1./s1. The molecule has 0 aliphatic carbocycles. The maximum atomic E-state index is 5.67. The Morgan fingerprint density at radius 1 is 1.18 bits per heavy atom. The van der Waals surface area contributed by atoms with Crippen LogP contribution in [0.25, 0.3) is 0 Å². The van der Waals surface area contributed by atoms with Gasteiger partial charge < -0.3 is 11.5 Å². The van der Waals surface area contributed by atoms with Crippen LogP contribution in [0.2, 0.25) is 0 Å². The highest BCUT2D eigenvalue weighted by Gasteiger charge is 1.99. The molecule has 4 N–H and O–H groups in total. The van der Waals surface area contributed by atoms with Gasteiger partial charge in [0.2, 0.25) is 0 Å². The minimum absolute atomic E-state index is 0. The maximum Gasteiger partial charge on any atom is 0.0419 e. The summed E-state index contributed by atoms with van der Waals surface area (Å²) in [5.74, 6) is 0. The van der Waals surface area contributed by atoms with E-state index in [1.165, 1.54) is 0 Å².